The Morgan fingerprint density at radius 3 is 2.50 bits per heavy atom. The van der Waals surface area contributed by atoms with E-state index in [1.54, 1.807) is 34.1 Å². The molecule has 2 heterocycles. The van der Waals surface area contributed by atoms with Crippen molar-refractivity contribution in [3.8, 4) is 0 Å². The third-order valence-electron chi connectivity index (χ3n) is 4.15. The van der Waals surface area contributed by atoms with Crippen LogP contribution in [0.5, 0.6) is 0 Å². The predicted octanol–water partition coefficient (Wildman–Crippen LogP) is 1.67. The molecule has 2 aliphatic rings. The molecule has 2 atom stereocenters. The van der Waals surface area contributed by atoms with Crippen LogP contribution in [-0.4, -0.2) is 42.4 Å². The fourth-order valence-corrected chi connectivity index (χ4v) is 3.12. The summed E-state index contributed by atoms with van der Waals surface area (Å²) in [5, 5.41) is 0.629. The minimum atomic E-state index is -0.265. The van der Waals surface area contributed by atoms with Gasteiger partial charge in [0.25, 0.3) is 0 Å². The van der Waals surface area contributed by atoms with E-state index in [0.29, 0.717) is 24.7 Å². The van der Waals surface area contributed by atoms with Crippen LogP contribution in [0.4, 0.5) is 5.69 Å². The van der Waals surface area contributed by atoms with Crippen LogP contribution in [0.15, 0.2) is 24.3 Å². The third-order valence-corrected chi connectivity index (χ3v) is 4.40. The largest absolute Gasteiger partial charge is 0.341 e. The fourth-order valence-electron chi connectivity index (χ4n) is 2.99. The molecule has 0 aromatic heterocycles. The zero-order valence-corrected chi connectivity index (χ0v) is 13.6. The molecule has 5 nitrogen and oxygen atoms in total. The summed E-state index contributed by atoms with van der Waals surface area (Å²) in [4.78, 5) is 28.0. The van der Waals surface area contributed by atoms with Crippen molar-refractivity contribution >= 4 is 41.5 Å². The smallest absolute Gasteiger partial charge is 0.228 e. The first kappa shape index (κ1) is 17.1. The van der Waals surface area contributed by atoms with E-state index < -0.39 is 0 Å². The lowest BCUT2D eigenvalue weighted by atomic mass is 10.1. The highest BCUT2D eigenvalue weighted by Crippen LogP contribution is 2.28. The molecule has 3 rings (SSSR count). The van der Waals surface area contributed by atoms with Crippen molar-refractivity contribution < 1.29 is 9.59 Å². The number of carbonyl (C=O) groups excluding carboxylic acids is 2. The van der Waals surface area contributed by atoms with Crippen molar-refractivity contribution in [3.63, 3.8) is 0 Å². The van der Waals surface area contributed by atoms with Crippen molar-refractivity contribution in [2.45, 2.75) is 18.9 Å². The van der Waals surface area contributed by atoms with Gasteiger partial charge in [-0.05, 0) is 30.7 Å². The van der Waals surface area contributed by atoms with Crippen LogP contribution in [0.25, 0.3) is 0 Å². The Bertz CT molecular complexity index is 564. The van der Waals surface area contributed by atoms with Gasteiger partial charge in [0.05, 0.1) is 5.92 Å². The van der Waals surface area contributed by atoms with Gasteiger partial charge in [0, 0.05) is 42.8 Å². The number of carbonyl (C=O) groups is 2. The van der Waals surface area contributed by atoms with Crippen molar-refractivity contribution in [1.82, 2.24) is 4.90 Å². The predicted molar refractivity (Wildman–Crippen MR) is 88.3 cm³/mol. The average molecular weight is 344 g/mol. The van der Waals surface area contributed by atoms with Gasteiger partial charge in [-0.3, -0.25) is 9.59 Å². The van der Waals surface area contributed by atoms with Gasteiger partial charge < -0.3 is 15.5 Å². The molecule has 2 amide bonds. The van der Waals surface area contributed by atoms with Crippen LogP contribution in [0, 0.1) is 5.92 Å². The second-order valence-corrected chi connectivity index (χ2v) is 6.15. The number of nitrogens with zero attached hydrogens (tertiary/aromatic N) is 2. The standard InChI is InChI=1S/C15H18ClN3O2.ClH/c16-11-1-3-13(4-2-11)19-8-10(7-14(19)20)15(21)18-6-5-12(17)9-18;/h1-4,10,12H,5-9,17H2;1H/t10?,12-;/m1./s1. The number of halogens is 2. The fraction of sp³-hybridized carbons (Fsp3) is 0.467. The Balaban J connectivity index is 0.00000176. The summed E-state index contributed by atoms with van der Waals surface area (Å²) in [6, 6.07) is 7.17. The minimum Gasteiger partial charge on any atom is -0.341 e. The zero-order valence-electron chi connectivity index (χ0n) is 12.1. The van der Waals surface area contributed by atoms with Crippen LogP contribution < -0.4 is 10.6 Å². The molecule has 1 unspecified atom stereocenters. The number of hydrogen-bond donors (Lipinski definition) is 1. The van der Waals surface area contributed by atoms with Crippen LogP contribution in [-0.2, 0) is 9.59 Å². The first-order chi connectivity index (χ1) is 10.0. The molecule has 1 aromatic carbocycles. The minimum absolute atomic E-state index is 0. The van der Waals surface area contributed by atoms with E-state index in [0.717, 1.165) is 12.1 Å². The Kier molecular flexibility index (Phi) is 5.32. The van der Waals surface area contributed by atoms with Crippen LogP contribution in [0.2, 0.25) is 5.02 Å². The lowest BCUT2D eigenvalue weighted by molar-refractivity contribution is -0.134. The van der Waals surface area contributed by atoms with Gasteiger partial charge in [-0.25, -0.2) is 0 Å². The van der Waals surface area contributed by atoms with E-state index >= 15 is 0 Å². The van der Waals surface area contributed by atoms with Gasteiger partial charge in [0.15, 0.2) is 0 Å². The number of benzene rings is 1. The Hall–Kier alpha value is -1.30. The molecule has 22 heavy (non-hydrogen) atoms. The molecular formula is C15H19Cl2N3O2. The van der Waals surface area contributed by atoms with Gasteiger partial charge in [-0.15, -0.1) is 12.4 Å². The molecule has 120 valence electrons. The summed E-state index contributed by atoms with van der Waals surface area (Å²) < 4.78 is 0. The van der Waals surface area contributed by atoms with E-state index in [2.05, 4.69) is 0 Å². The van der Waals surface area contributed by atoms with E-state index in [1.807, 2.05) is 0 Å². The molecule has 0 spiro atoms. The first-order valence-electron chi connectivity index (χ1n) is 7.15. The second-order valence-electron chi connectivity index (χ2n) is 5.71. The Labute approximate surface area is 140 Å². The molecule has 2 fully saturated rings. The summed E-state index contributed by atoms with van der Waals surface area (Å²) in [6.07, 6.45) is 1.11. The highest BCUT2D eigenvalue weighted by Gasteiger charge is 2.38. The Morgan fingerprint density at radius 2 is 1.91 bits per heavy atom. The maximum Gasteiger partial charge on any atom is 0.228 e. The number of anilines is 1. The molecule has 0 saturated carbocycles. The van der Waals surface area contributed by atoms with Crippen molar-refractivity contribution in [3.05, 3.63) is 29.3 Å². The quantitative estimate of drug-likeness (QED) is 0.888. The summed E-state index contributed by atoms with van der Waals surface area (Å²) in [5.74, 6) is -0.231. The van der Waals surface area contributed by atoms with Crippen LogP contribution in [0.1, 0.15) is 12.8 Å². The summed E-state index contributed by atoms with van der Waals surface area (Å²) in [5.41, 5.74) is 6.63. The molecule has 2 N–H and O–H groups in total. The summed E-state index contributed by atoms with van der Waals surface area (Å²) in [7, 11) is 0. The van der Waals surface area contributed by atoms with Gasteiger partial charge in [-0.1, -0.05) is 11.6 Å². The average Bonchev–Trinajstić information content (AvgIpc) is 3.05. The summed E-state index contributed by atoms with van der Waals surface area (Å²) >= 11 is 5.86. The van der Waals surface area contributed by atoms with E-state index in [9.17, 15) is 9.59 Å². The van der Waals surface area contributed by atoms with Crippen LogP contribution >= 0.6 is 24.0 Å². The van der Waals surface area contributed by atoms with Gasteiger partial charge in [0.1, 0.15) is 0 Å². The number of hydrogen-bond acceptors (Lipinski definition) is 3. The lowest BCUT2D eigenvalue weighted by Crippen LogP contribution is -2.37. The van der Waals surface area contributed by atoms with Gasteiger partial charge >= 0.3 is 0 Å². The van der Waals surface area contributed by atoms with Crippen LogP contribution in [0.3, 0.4) is 0 Å². The highest BCUT2D eigenvalue weighted by molar-refractivity contribution is 6.30. The topological polar surface area (TPSA) is 66.6 Å². The summed E-state index contributed by atoms with van der Waals surface area (Å²) in [6.45, 7) is 1.74. The Morgan fingerprint density at radius 1 is 1.23 bits per heavy atom. The molecule has 1 aromatic rings. The maximum absolute atomic E-state index is 12.4. The van der Waals surface area contributed by atoms with Gasteiger partial charge in [0.2, 0.25) is 11.8 Å². The van der Waals surface area contributed by atoms with Crippen molar-refractivity contribution in [2.24, 2.45) is 11.7 Å². The molecule has 0 bridgehead atoms. The second kappa shape index (κ2) is 6.86. The third kappa shape index (κ3) is 3.37. The number of amides is 2. The zero-order chi connectivity index (χ0) is 15.0. The first-order valence-corrected chi connectivity index (χ1v) is 7.52. The number of nitrogens with two attached hydrogens (primary N) is 1. The highest BCUT2D eigenvalue weighted by atomic mass is 35.5. The van der Waals surface area contributed by atoms with E-state index in [4.69, 9.17) is 17.3 Å². The SMILES string of the molecule is Cl.N[C@@H]1CCN(C(=O)C2CC(=O)N(c3ccc(Cl)cc3)C2)C1. The number of rotatable bonds is 2. The molecule has 7 heteroatoms. The van der Waals surface area contributed by atoms with Crippen molar-refractivity contribution in [1.29, 1.82) is 0 Å². The molecule has 2 saturated heterocycles. The van der Waals surface area contributed by atoms with E-state index in [-0.39, 0.29) is 42.6 Å². The maximum atomic E-state index is 12.4. The molecule has 0 aliphatic carbocycles. The molecular weight excluding hydrogens is 325 g/mol. The normalized spacial score (nSPS) is 24.5. The monoisotopic (exact) mass is 343 g/mol. The number of likely N-dealkylation sites (tertiary alicyclic amines) is 1. The molecule has 0 radical (unpaired) electrons. The molecule has 2 aliphatic heterocycles. The van der Waals surface area contributed by atoms with Gasteiger partial charge in [-0.2, -0.15) is 0 Å². The van der Waals surface area contributed by atoms with E-state index in [1.165, 1.54) is 0 Å². The van der Waals surface area contributed by atoms with Crippen molar-refractivity contribution in [2.75, 3.05) is 24.5 Å². The lowest BCUT2D eigenvalue weighted by Gasteiger charge is -2.20.